The molecular formula is C10H13BrF2N2O2S. The van der Waals surface area contributed by atoms with Crippen LogP contribution in [0.1, 0.15) is 6.42 Å². The van der Waals surface area contributed by atoms with E-state index in [1.54, 1.807) is 7.05 Å². The predicted octanol–water partition coefficient (Wildman–Crippen LogP) is 2.08. The smallest absolute Gasteiger partial charge is 0.232 e. The molecule has 0 radical (unpaired) electrons. The second-order valence-electron chi connectivity index (χ2n) is 3.62. The van der Waals surface area contributed by atoms with Crippen molar-refractivity contribution < 1.29 is 17.2 Å². The number of anilines is 1. The molecule has 102 valence electrons. The summed E-state index contributed by atoms with van der Waals surface area (Å²) in [5.74, 6) is -1.73. The first kappa shape index (κ1) is 15.3. The van der Waals surface area contributed by atoms with Crippen molar-refractivity contribution in [3.8, 4) is 0 Å². The Hall–Kier alpha value is -0.730. The molecule has 18 heavy (non-hydrogen) atoms. The summed E-state index contributed by atoms with van der Waals surface area (Å²) in [5, 5.41) is 2.80. The number of halogens is 3. The zero-order chi connectivity index (χ0) is 13.8. The lowest BCUT2D eigenvalue weighted by atomic mass is 10.3. The maximum atomic E-state index is 13.4. The molecule has 8 heteroatoms. The zero-order valence-electron chi connectivity index (χ0n) is 9.63. The van der Waals surface area contributed by atoms with Crippen LogP contribution in [0.5, 0.6) is 0 Å². The average Bonchev–Trinajstić information content (AvgIpc) is 2.26. The van der Waals surface area contributed by atoms with Crippen molar-refractivity contribution in [3.05, 3.63) is 28.2 Å². The predicted molar refractivity (Wildman–Crippen MR) is 70.0 cm³/mol. The quantitative estimate of drug-likeness (QED) is 0.614. The summed E-state index contributed by atoms with van der Waals surface area (Å²) in [6, 6.07) is 1.68. The van der Waals surface area contributed by atoms with Crippen molar-refractivity contribution in [2.45, 2.75) is 6.42 Å². The van der Waals surface area contributed by atoms with Crippen LogP contribution in [0.3, 0.4) is 0 Å². The van der Waals surface area contributed by atoms with E-state index in [4.69, 9.17) is 0 Å². The monoisotopic (exact) mass is 342 g/mol. The Morgan fingerprint density at radius 2 is 1.94 bits per heavy atom. The van der Waals surface area contributed by atoms with Crippen LogP contribution in [0.2, 0.25) is 0 Å². The summed E-state index contributed by atoms with van der Waals surface area (Å²) in [5.41, 5.74) is -0.389. The van der Waals surface area contributed by atoms with E-state index in [9.17, 15) is 17.2 Å². The van der Waals surface area contributed by atoms with Gasteiger partial charge in [-0.15, -0.1) is 0 Å². The van der Waals surface area contributed by atoms with Gasteiger partial charge in [-0.2, -0.15) is 0 Å². The van der Waals surface area contributed by atoms with Gasteiger partial charge in [-0.25, -0.2) is 17.2 Å². The minimum atomic E-state index is -3.67. The van der Waals surface area contributed by atoms with Crippen LogP contribution >= 0.6 is 15.9 Å². The molecule has 0 unspecified atom stereocenters. The van der Waals surface area contributed by atoms with Gasteiger partial charge in [0.05, 0.1) is 15.9 Å². The topological polar surface area (TPSA) is 58.2 Å². The molecule has 1 aromatic carbocycles. The molecule has 4 nitrogen and oxygen atoms in total. The summed E-state index contributed by atoms with van der Waals surface area (Å²) in [6.07, 6.45) is 0.381. The fourth-order valence-corrected chi connectivity index (χ4v) is 2.69. The molecule has 0 aliphatic heterocycles. The van der Waals surface area contributed by atoms with Gasteiger partial charge in [-0.1, -0.05) is 0 Å². The number of rotatable bonds is 6. The SMILES string of the molecule is CNCCCS(=O)(=O)Nc1cc(F)c(Br)cc1F. The summed E-state index contributed by atoms with van der Waals surface area (Å²) in [7, 11) is -1.97. The Kier molecular flexibility index (Phi) is 5.48. The van der Waals surface area contributed by atoms with Crippen molar-refractivity contribution in [2.24, 2.45) is 0 Å². The van der Waals surface area contributed by atoms with Crippen LogP contribution in [-0.2, 0) is 10.0 Å². The van der Waals surface area contributed by atoms with Gasteiger partial charge in [0.25, 0.3) is 0 Å². The highest BCUT2D eigenvalue weighted by molar-refractivity contribution is 9.10. The lowest BCUT2D eigenvalue weighted by Gasteiger charge is -2.09. The molecule has 0 aromatic heterocycles. The van der Waals surface area contributed by atoms with E-state index in [1.165, 1.54) is 0 Å². The summed E-state index contributed by atoms with van der Waals surface area (Å²) in [4.78, 5) is 0. The molecule has 0 saturated carbocycles. The van der Waals surface area contributed by atoms with Crippen molar-refractivity contribution in [1.82, 2.24) is 5.32 Å². The van der Waals surface area contributed by atoms with Crippen molar-refractivity contribution in [1.29, 1.82) is 0 Å². The van der Waals surface area contributed by atoms with Gasteiger partial charge in [-0.3, -0.25) is 4.72 Å². The molecule has 1 rings (SSSR count). The Morgan fingerprint density at radius 1 is 1.28 bits per heavy atom. The molecule has 0 spiro atoms. The Morgan fingerprint density at radius 3 is 2.56 bits per heavy atom. The van der Waals surface area contributed by atoms with E-state index >= 15 is 0 Å². The fourth-order valence-electron chi connectivity index (χ4n) is 1.26. The molecule has 0 saturated heterocycles. The summed E-state index contributed by atoms with van der Waals surface area (Å²) in [6.45, 7) is 0.526. The van der Waals surface area contributed by atoms with Crippen molar-refractivity contribution in [2.75, 3.05) is 24.1 Å². The lowest BCUT2D eigenvalue weighted by Crippen LogP contribution is -2.20. The van der Waals surface area contributed by atoms with Gasteiger partial charge in [-0.05, 0) is 42.0 Å². The van der Waals surface area contributed by atoms with Crippen LogP contribution in [0.25, 0.3) is 0 Å². The van der Waals surface area contributed by atoms with Crippen LogP contribution in [0.4, 0.5) is 14.5 Å². The number of benzene rings is 1. The van der Waals surface area contributed by atoms with E-state index < -0.39 is 21.7 Å². The van der Waals surface area contributed by atoms with Crippen LogP contribution in [-0.4, -0.2) is 27.8 Å². The summed E-state index contributed by atoms with van der Waals surface area (Å²) >= 11 is 2.81. The normalized spacial score (nSPS) is 11.6. The van der Waals surface area contributed by atoms with Gasteiger partial charge >= 0.3 is 0 Å². The second kappa shape index (κ2) is 6.44. The van der Waals surface area contributed by atoms with Crippen LogP contribution in [0.15, 0.2) is 16.6 Å². The highest BCUT2D eigenvalue weighted by Crippen LogP contribution is 2.24. The number of hydrogen-bond donors (Lipinski definition) is 2. The van der Waals surface area contributed by atoms with E-state index in [0.717, 1.165) is 12.1 Å². The molecule has 0 aliphatic rings. The first-order valence-corrected chi connectivity index (χ1v) is 7.60. The maximum Gasteiger partial charge on any atom is 0.232 e. The van der Waals surface area contributed by atoms with E-state index in [-0.39, 0.29) is 15.9 Å². The van der Waals surface area contributed by atoms with E-state index in [1.807, 2.05) is 4.72 Å². The lowest BCUT2D eigenvalue weighted by molar-refractivity contribution is 0.589. The van der Waals surface area contributed by atoms with Gasteiger partial charge in [0.15, 0.2) is 0 Å². The summed E-state index contributed by atoms with van der Waals surface area (Å²) < 4.78 is 51.7. The van der Waals surface area contributed by atoms with Gasteiger partial charge < -0.3 is 5.32 Å². The largest absolute Gasteiger partial charge is 0.320 e. The molecule has 1 aromatic rings. The Balaban J connectivity index is 2.81. The molecule has 2 N–H and O–H groups in total. The second-order valence-corrected chi connectivity index (χ2v) is 6.32. The fraction of sp³-hybridized carbons (Fsp3) is 0.400. The van der Waals surface area contributed by atoms with Crippen molar-refractivity contribution in [3.63, 3.8) is 0 Å². The van der Waals surface area contributed by atoms with E-state index in [0.29, 0.717) is 13.0 Å². The molecule has 0 heterocycles. The first-order valence-electron chi connectivity index (χ1n) is 5.15. The Bertz CT molecular complexity index is 523. The molecule has 0 aliphatic carbocycles. The molecular weight excluding hydrogens is 330 g/mol. The zero-order valence-corrected chi connectivity index (χ0v) is 12.0. The standard InChI is InChI=1S/C10H13BrF2N2O2S/c1-14-3-2-4-18(16,17)15-10-6-8(12)7(11)5-9(10)13/h5-6,14-15H,2-4H2,1H3. The highest BCUT2D eigenvalue weighted by atomic mass is 79.9. The molecule has 0 fully saturated rings. The highest BCUT2D eigenvalue weighted by Gasteiger charge is 2.15. The third kappa shape index (κ3) is 4.51. The van der Waals surface area contributed by atoms with Crippen molar-refractivity contribution >= 4 is 31.6 Å². The third-order valence-corrected chi connectivity index (χ3v) is 4.08. The van der Waals surface area contributed by atoms with Gasteiger partial charge in [0.1, 0.15) is 11.6 Å². The molecule has 0 bridgehead atoms. The minimum absolute atomic E-state index is 0.0573. The first-order chi connectivity index (χ1) is 8.35. The van der Waals surface area contributed by atoms with Crippen LogP contribution < -0.4 is 10.0 Å². The third-order valence-electron chi connectivity index (χ3n) is 2.12. The molecule has 0 amide bonds. The minimum Gasteiger partial charge on any atom is -0.320 e. The van der Waals surface area contributed by atoms with Crippen LogP contribution in [0, 0.1) is 11.6 Å². The number of nitrogens with one attached hydrogen (secondary N) is 2. The number of hydrogen-bond acceptors (Lipinski definition) is 3. The Labute approximate surface area is 113 Å². The maximum absolute atomic E-state index is 13.4. The van der Waals surface area contributed by atoms with Gasteiger partial charge in [0.2, 0.25) is 10.0 Å². The number of sulfonamides is 1. The van der Waals surface area contributed by atoms with Gasteiger partial charge in [0, 0.05) is 6.07 Å². The van der Waals surface area contributed by atoms with E-state index in [2.05, 4.69) is 21.2 Å². The molecule has 0 atom stereocenters. The average molecular weight is 343 g/mol.